The van der Waals surface area contributed by atoms with Gasteiger partial charge in [-0.05, 0) is 6.92 Å². The number of carbonyl (C=O) groups is 1. The summed E-state index contributed by atoms with van der Waals surface area (Å²) in [5.74, 6) is -1.12. The van der Waals surface area contributed by atoms with Crippen LogP contribution in [0.15, 0.2) is 30.3 Å². The molecule has 0 spiro atoms. The highest BCUT2D eigenvalue weighted by atomic mass is 31.2. The highest BCUT2D eigenvalue weighted by Crippen LogP contribution is 2.63. The molecule has 0 radical (unpaired) electrons. The van der Waals surface area contributed by atoms with E-state index in [0.717, 1.165) is 0 Å². The van der Waals surface area contributed by atoms with Crippen molar-refractivity contribution in [2.45, 2.75) is 12.3 Å². The van der Waals surface area contributed by atoms with Gasteiger partial charge in [-0.1, -0.05) is 30.3 Å². The molecule has 0 fully saturated rings. The molecular formula is C10H14O7P2. The summed E-state index contributed by atoms with van der Waals surface area (Å²) < 4.78 is 27.6. The first kappa shape index (κ1) is 16.2. The lowest BCUT2D eigenvalue weighted by molar-refractivity contribution is 0.0990. The normalized spacial score (nSPS) is 16.6. The molecule has 1 aromatic carbocycles. The number of benzene rings is 1. The first-order valence-electron chi connectivity index (χ1n) is 5.31. The molecule has 7 nitrogen and oxygen atoms in total. The van der Waals surface area contributed by atoms with Gasteiger partial charge in [-0.25, -0.2) is 0 Å². The summed E-state index contributed by atoms with van der Waals surface area (Å²) >= 11 is 0. The molecule has 2 unspecified atom stereocenters. The van der Waals surface area contributed by atoms with Gasteiger partial charge in [0.25, 0.3) is 0 Å². The van der Waals surface area contributed by atoms with E-state index in [1.54, 1.807) is 6.07 Å². The van der Waals surface area contributed by atoms with Gasteiger partial charge >= 0.3 is 15.2 Å². The second-order valence-electron chi connectivity index (χ2n) is 3.67. The predicted octanol–water partition coefficient (Wildman–Crippen LogP) is 1.59. The number of rotatable bonds is 6. The molecule has 0 bridgehead atoms. The summed E-state index contributed by atoms with van der Waals surface area (Å²) in [5, 5.41) is -2.40. The average Bonchev–Trinajstić information content (AvgIpc) is 2.27. The highest BCUT2D eigenvalue weighted by Gasteiger charge is 2.50. The quantitative estimate of drug-likeness (QED) is 0.539. The molecule has 9 heteroatoms. The van der Waals surface area contributed by atoms with E-state index in [2.05, 4.69) is 4.52 Å². The third-order valence-corrected chi connectivity index (χ3v) is 6.37. The number of Topliss-reactive ketones (excluding diaryl/α,β-unsaturated/α-hetero) is 1. The molecule has 19 heavy (non-hydrogen) atoms. The Labute approximate surface area is 109 Å². The van der Waals surface area contributed by atoms with Crippen LogP contribution >= 0.6 is 15.2 Å². The minimum Gasteiger partial charge on any atom is -0.323 e. The molecule has 1 aromatic rings. The lowest BCUT2D eigenvalue weighted by atomic mass is 10.1. The predicted molar refractivity (Wildman–Crippen MR) is 68.1 cm³/mol. The number of hydrogen-bond acceptors (Lipinski definition) is 4. The third kappa shape index (κ3) is 4.08. The molecule has 1 rings (SSSR count). The standard InChI is InChI=1S/C10H14O7P2/c1-2-17-19(15,16)10(18(12,13)14)9(11)8-6-4-3-5-7-8/h3-7,10H,2H2,1H3,(H,15,16)(H2,12,13,14). The van der Waals surface area contributed by atoms with Gasteiger partial charge in [0, 0.05) is 5.56 Å². The molecule has 2 atom stereocenters. The van der Waals surface area contributed by atoms with E-state index < -0.39 is 26.4 Å². The Morgan fingerprint density at radius 2 is 1.74 bits per heavy atom. The number of hydrogen-bond donors (Lipinski definition) is 3. The van der Waals surface area contributed by atoms with Crippen molar-refractivity contribution in [3.8, 4) is 0 Å². The monoisotopic (exact) mass is 308 g/mol. The summed E-state index contributed by atoms with van der Waals surface area (Å²) in [4.78, 5) is 39.9. The van der Waals surface area contributed by atoms with Crippen molar-refractivity contribution >= 4 is 21.0 Å². The summed E-state index contributed by atoms with van der Waals surface area (Å²) in [6.45, 7) is 1.14. The van der Waals surface area contributed by atoms with Gasteiger partial charge in [-0.2, -0.15) is 0 Å². The minimum atomic E-state index is -5.14. The van der Waals surface area contributed by atoms with Crippen LogP contribution in [0, 0.1) is 0 Å². The van der Waals surface area contributed by atoms with E-state index in [9.17, 15) is 18.8 Å². The average molecular weight is 308 g/mol. The van der Waals surface area contributed by atoms with E-state index in [1.165, 1.54) is 31.2 Å². The second-order valence-corrected chi connectivity index (χ2v) is 7.68. The van der Waals surface area contributed by atoms with Gasteiger partial charge in [0.05, 0.1) is 6.61 Å². The highest BCUT2D eigenvalue weighted by molar-refractivity contribution is 7.73. The van der Waals surface area contributed by atoms with Crippen LogP contribution in [-0.2, 0) is 13.7 Å². The summed E-state index contributed by atoms with van der Waals surface area (Å²) in [6.07, 6.45) is 0. The van der Waals surface area contributed by atoms with Crippen LogP contribution < -0.4 is 0 Å². The minimum absolute atomic E-state index is 0.0650. The smallest absolute Gasteiger partial charge is 0.323 e. The molecular weight excluding hydrogens is 294 g/mol. The molecule has 0 saturated heterocycles. The molecule has 0 aliphatic carbocycles. The van der Waals surface area contributed by atoms with Crippen molar-refractivity contribution in [2.75, 3.05) is 6.61 Å². The summed E-state index contributed by atoms with van der Waals surface area (Å²) in [7, 11) is -9.89. The molecule has 0 aromatic heterocycles. The molecule has 106 valence electrons. The van der Waals surface area contributed by atoms with Crippen LogP contribution in [0.25, 0.3) is 0 Å². The Hall–Kier alpha value is -0.810. The summed E-state index contributed by atoms with van der Waals surface area (Å²) in [5.41, 5.74) is -0.0650. The Morgan fingerprint density at radius 1 is 1.21 bits per heavy atom. The van der Waals surface area contributed by atoms with Crippen molar-refractivity contribution < 1.29 is 33.1 Å². The molecule has 3 N–H and O–H groups in total. The van der Waals surface area contributed by atoms with E-state index in [1.807, 2.05) is 0 Å². The molecule has 0 aliphatic heterocycles. The maximum atomic E-state index is 12.0. The van der Waals surface area contributed by atoms with Crippen molar-refractivity contribution in [3.63, 3.8) is 0 Å². The van der Waals surface area contributed by atoms with Crippen LogP contribution in [0.2, 0.25) is 0 Å². The topological polar surface area (TPSA) is 121 Å². The fraction of sp³-hybridized carbons (Fsp3) is 0.300. The van der Waals surface area contributed by atoms with Crippen LogP contribution in [-0.4, -0.2) is 32.5 Å². The van der Waals surface area contributed by atoms with Gasteiger partial charge < -0.3 is 19.2 Å². The van der Waals surface area contributed by atoms with Crippen molar-refractivity contribution in [2.24, 2.45) is 0 Å². The van der Waals surface area contributed by atoms with Gasteiger partial charge in [-0.15, -0.1) is 0 Å². The number of ketones is 1. The molecule has 0 aliphatic rings. The molecule has 0 heterocycles. The first-order chi connectivity index (χ1) is 8.70. The van der Waals surface area contributed by atoms with E-state index in [0.29, 0.717) is 0 Å². The van der Waals surface area contributed by atoms with Gasteiger partial charge in [0.2, 0.25) is 5.40 Å². The Kier molecular flexibility index (Phi) is 5.21. The van der Waals surface area contributed by atoms with Crippen LogP contribution in [0.1, 0.15) is 17.3 Å². The Morgan fingerprint density at radius 3 is 2.16 bits per heavy atom. The maximum absolute atomic E-state index is 12.0. The largest absolute Gasteiger partial charge is 0.351 e. The molecule has 0 saturated carbocycles. The Bertz CT molecular complexity index is 536. The van der Waals surface area contributed by atoms with Crippen molar-refractivity contribution in [3.05, 3.63) is 35.9 Å². The van der Waals surface area contributed by atoms with Crippen LogP contribution in [0.4, 0.5) is 0 Å². The third-order valence-electron chi connectivity index (χ3n) is 2.23. The van der Waals surface area contributed by atoms with Crippen LogP contribution in [0.5, 0.6) is 0 Å². The SMILES string of the molecule is CCOP(=O)(O)C(C(=O)c1ccccc1)P(=O)(O)O. The van der Waals surface area contributed by atoms with Crippen LogP contribution in [0.3, 0.4) is 0 Å². The molecule has 0 amide bonds. The fourth-order valence-electron chi connectivity index (χ4n) is 1.50. The maximum Gasteiger partial charge on any atom is 0.351 e. The van der Waals surface area contributed by atoms with E-state index >= 15 is 0 Å². The number of carbonyl (C=O) groups excluding carboxylic acids is 1. The zero-order valence-corrected chi connectivity index (χ0v) is 11.8. The zero-order chi connectivity index (χ0) is 14.7. The lowest BCUT2D eigenvalue weighted by Gasteiger charge is -2.21. The second kappa shape index (κ2) is 6.09. The summed E-state index contributed by atoms with van der Waals surface area (Å²) in [6, 6.07) is 7.16. The zero-order valence-electron chi connectivity index (χ0n) is 10.0. The first-order valence-corrected chi connectivity index (χ1v) is 8.64. The van der Waals surface area contributed by atoms with Crippen molar-refractivity contribution in [1.29, 1.82) is 0 Å². The Balaban J connectivity index is 3.24. The van der Waals surface area contributed by atoms with Gasteiger partial charge in [0.1, 0.15) is 0 Å². The lowest BCUT2D eigenvalue weighted by Crippen LogP contribution is -2.22. The van der Waals surface area contributed by atoms with E-state index in [-0.39, 0.29) is 12.2 Å². The van der Waals surface area contributed by atoms with Crippen molar-refractivity contribution in [1.82, 2.24) is 0 Å². The fourth-order valence-corrected chi connectivity index (χ4v) is 4.63. The van der Waals surface area contributed by atoms with E-state index in [4.69, 9.17) is 9.79 Å². The van der Waals surface area contributed by atoms with Gasteiger partial charge in [-0.3, -0.25) is 13.9 Å². The van der Waals surface area contributed by atoms with Gasteiger partial charge in [0.15, 0.2) is 5.78 Å².